The fourth-order valence-electron chi connectivity index (χ4n) is 2.32. The summed E-state index contributed by atoms with van der Waals surface area (Å²) in [4.78, 5) is 14.3. The van der Waals surface area contributed by atoms with Gasteiger partial charge in [0.15, 0.2) is 8.32 Å². The number of hydrogen-bond acceptors (Lipinski definition) is 4. The molecule has 0 radical (unpaired) electrons. The summed E-state index contributed by atoms with van der Waals surface area (Å²) in [7, 11) is -1.71. The zero-order valence-corrected chi connectivity index (χ0v) is 17.3. The molecule has 1 unspecified atom stereocenters. The molecule has 0 aromatic carbocycles. The van der Waals surface area contributed by atoms with Gasteiger partial charge in [0.25, 0.3) is 0 Å². The van der Waals surface area contributed by atoms with Crippen LogP contribution in [-0.2, 0) is 9.22 Å². The van der Waals surface area contributed by atoms with Gasteiger partial charge in [0.05, 0.1) is 6.73 Å². The molecular weight excluding hydrogens is 310 g/mol. The molecule has 0 aromatic rings. The molecule has 3 nitrogen and oxygen atoms in total. The van der Waals surface area contributed by atoms with Crippen molar-refractivity contribution in [1.29, 1.82) is 0 Å². The number of nitrogens with zero attached hydrogens (tertiary/aromatic N) is 1. The lowest BCUT2D eigenvalue weighted by Gasteiger charge is -2.27. The maximum Gasteiger partial charge on any atom is 0.188 e. The topological polar surface area (TPSA) is 29.5 Å². The van der Waals surface area contributed by atoms with Crippen LogP contribution in [0.2, 0.25) is 19.1 Å². The number of hydrogen-bond donors (Lipinski definition) is 1. The Morgan fingerprint density at radius 2 is 1.77 bits per heavy atom. The van der Waals surface area contributed by atoms with Crippen molar-refractivity contribution in [3.8, 4) is 0 Å². The van der Waals surface area contributed by atoms with Gasteiger partial charge in [-0.15, -0.1) is 0 Å². The van der Waals surface area contributed by atoms with Gasteiger partial charge in [-0.1, -0.05) is 27.2 Å². The molecule has 22 heavy (non-hydrogen) atoms. The first kappa shape index (κ1) is 22.2. The molecule has 0 N–H and O–H groups in total. The molecule has 132 valence electrons. The second-order valence-electron chi connectivity index (χ2n) is 6.71. The predicted octanol–water partition coefficient (Wildman–Crippen LogP) is 4.74. The Labute approximate surface area is 144 Å². The Hall–Kier alpha value is 0.157. The third-order valence-electron chi connectivity index (χ3n) is 4.15. The molecule has 0 spiro atoms. The van der Waals surface area contributed by atoms with E-state index in [1.807, 2.05) is 0 Å². The maximum absolute atomic E-state index is 12.0. The molecule has 0 saturated heterocycles. The van der Waals surface area contributed by atoms with Crippen LogP contribution in [0.25, 0.3) is 0 Å². The van der Waals surface area contributed by atoms with Gasteiger partial charge in [-0.3, -0.25) is 9.69 Å². The van der Waals surface area contributed by atoms with Crippen LogP contribution in [0, 0.1) is 0 Å². The van der Waals surface area contributed by atoms with Crippen molar-refractivity contribution in [2.75, 3.05) is 19.8 Å². The van der Waals surface area contributed by atoms with E-state index in [4.69, 9.17) is 4.43 Å². The summed E-state index contributed by atoms with van der Waals surface area (Å²) < 4.78 is 6.10. The van der Waals surface area contributed by atoms with E-state index in [1.165, 1.54) is 6.42 Å². The Balaban J connectivity index is 3.87. The summed E-state index contributed by atoms with van der Waals surface area (Å²) in [6, 6.07) is 0.937. The van der Waals surface area contributed by atoms with Crippen molar-refractivity contribution in [1.82, 2.24) is 4.90 Å². The van der Waals surface area contributed by atoms with Gasteiger partial charge in [0.2, 0.25) is 0 Å². The number of carbonyl (C=O) groups is 1. The average molecular weight is 348 g/mol. The molecule has 1 atom stereocenters. The quantitative estimate of drug-likeness (QED) is 0.280. The van der Waals surface area contributed by atoms with Crippen LogP contribution in [0.5, 0.6) is 0 Å². The van der Waals surface area contributed by atoms with Gasteiger partial charge in [-0.05, 0) is 51.5 Å². The van der Waals surface area contributed by atoms with Gasteiger partial charge in [0.1, 0.15) is 5.78 Å². The molecule has 0 aliphatic carbocycles. The highest BCUT2D eigenvalue weighted by Crippen LogP contribution is 2.17. The molecule has 0 saturated carbocycles. The van der Waals surface area contributed by atoms with Crippen LogP contribution >= 0.6 is 12.6 Å². The van der Waals surface area contributed by atoms with Gasteiger partial charge in [-0.25, -0.2) is 0 Å². The Morgan fingerprint density at radius 3 is 2.32 bits per heavy atom. The summed E-state index contributed by atoms with van der Waals surface area (Å²) in [6.07, 6.45) is 5.75. The molecule has 0 aromatic heterocycles. The van der Waals surface area contributed by atoms with Crippen molar-refractivity contribution in [2.45, 2.75) is 83.7 Å². The average Bonchev–Trinajstić information content (AvgIpc) is 2.46. The fraction of sp³-hybridized carbons (Fsp3) is 0.941. The summed E-state index contributed by atoms with van der Waals surface area (Å²) in [5, 5.41) is 0.459. The molecule has 0 aliphatic rings. The van der Waals surface area contributed by atoms with Crippen molar-refractivity contribution in [2.24, 2.45) is 0 Å². The molecular formula is C17H37NO2SSi. The van der Waals surface area contributed by atoms with E-state index in [1.54, 1.807) is 0 Å². The van der Waals surface area contributed by atoms with Crippen LogP contribution in [-0.4, -0.2) is 44.1 Å². The van der Waals surface area contributed by atoms with E-state index in [2.05, 4.69) is 51.4 Å². The number of carbonyl (C=O) groups excluding carboxylic acids is 1. The molecule has 0 bridgehead atoms. The fourth-order valence-corrected chi connectivity index (χ4v) is 4.32. The SMILES string of the molecule is CCCC(S)CCCC(=O)CC[Si](C)(C)OCN(CC)CC. The zero-order chi connectivity index (χ0) is 17.0. The molecule has 0 aliphatic heterocycles. The smallest absolute Gasteiger partial charge is 0.188 e. The number of ketones is 1. The molecule has 0 fully saturated rings. The molecule has 0 amide bonds. The highest BCUT2D eigenvalue weighted by Gasteiger charge is 2.24. The lowest BCUT2D eigenvalue weighted by molar-refractivity contribution is -0.118. The minimum Gasteiger partial charge on any atom is -0.405 e. The summed E-state index contributed by atoms with van der Waals surface area (Å²) >= 11 is 4.55. The van der Waals surface area contributed by atoms with Crippen LogP contribution < -0.4 is 0 Å². The number of Topliss-reactive ketones (excluding diaryl/α,β-unsaturated/α-hetero) is 1. The lowest BCUT2D eigenvalue weighted by atomic mass is 10.1. The Morgan fingerprint density at radius 1 is 1.14 bits per heavy atom. The highest BCUT2D eigenvalue weighted by molar-refractivity contribution is 7.80. The first-order valence-electron chi connectivity index (χ1n) is 8.90. The molecule has 5 heteroatoms. The Kier molecular flexibility index (Phi) is 12.7. The van der Waals surface area contributed by atoms with E-state index in [0.29, 0.717) is 30.6 Å². The Bertz CT molecular complexity index is 296. The zero-order valence-electron chi connectivity index (χ0n) is 15.4. The van der Waals surface area contributed by atoms with E-state index in [0.717, 1.165) is 38.4 Å². The van der Waals surface area contributed by atoms with Gasteiger partial charge < -0.3 is 4.43 Å². The van der Waals surface area contributed by atoms with E-state index in [9.17, 15) is 4.79 Å². The second-order valence-corrected chi connectivity index (χ2v) is 11.7. The van der Waals surface area contributed by atoms with Crippen molar-refractivity contribution >= 4 is 26.7 Å². The second kappa shape index (κ2) is 12.6. The standard InChI is InChI=1S/C17H37NO2SSi/c1-6-10-17(21)12-9-11-16(19)13-14-22(4,5)20-15-18(7-2)8-3/h17,21H,6-15H2,1-5H3. The van der Waals surface area contributed by atoms with Crippen molar-refractivity contribution < 1.29 is 9.22 Å². The van der Waals surface area contributed by atoms with Crippen LogP contribution in [0.3, 0.4) is 0 Å². The monoisotopic (exact) mass is 347 g/mol. The normalized spacial score (nSPS) is 13.6. The van der Waals surface area contributed by atoms with E-state index >= 15 is 0 Å². The van der Waals surface area contributed by atoms with Crippen LogP contribution in [0.4, 0.5) is 0 Å². The number of thiol groups is 1. The number of rotatable bonds is 14. The highest BCUT2D eigenvalue weighted by atomic mass is 32.1. The molecule has 0 heterocycles. The van der Waals surface area contributed by atoms with Crippen LogP contribution in [0.1, 0.15) is 59.3 Å². The van der Waals surface area contributed by atoms with E-state index < -0.39 is 8.32 Å². The first-order valence-corrected chi connectivity index (χ1v) is 12.5. The minimum absolute atomic E-state index is 0.393. The third kappa shape index (κ3) is 11.7. The van der Waals surface area contributed by atoms with Crippen molar-refractivity contribution in [3.05, 3.63) is 0 Å². The first-order chi connectivity index (χ1) is 10.3. The van der Waals surface area contributed by atoms with Crippen LogP contribution in [0.15, 0.2) is 0 Å². The largest absolute Gasteiger partial charge is 0.405 e. The van der Waals surface area contributed by atoms with E-state index in [-0.39, 0.29) is 0 Å². The minimum atomic E-state index is -1.71. The lowest BCUT2D eigenvalue weighted by Crippen LogP contribution is -2.37. The van der Waals surface area contributed by atoms with Gasteiger partial charge in [-0.2, -0.15) is 12.6 Å². The summed E-state index contributed by atoms with van der Waals surface area (Å²) in [5.41, 5.74) is 0. The maximum atomic E-state index is 12.0. The third-order valence-corrected chi connectivity index (χ3v) is 7.03. The summed E-state index contributed by atoms with van der Waals surface area (Å²) in [6.45, 7) is 13.7. The summed E-state index contributed by atoms with van der Waals surface area (Å²) in [5.74, 6) is 0.393. The predicted molar refractivity (Wildman–Crippen MR) is 102 cm³/mol. The van der Waals surface area contributed by atoms with Gasteiger partial charge >= 0.3 is 0 Å². The van der Waals surface area contributed by atoms with Gasteiger partial charge in [0, 0.05) is 18.1 Å². The van der Waals surface area contributed by atoms with Crippen molar-refractivity contribution in [3.63, 3.8) is 0 Å². The molecule has 0 rings (SSSR count).